The highest BCUT2D eigenvalue weighted by Crippen LogP contribution is 2.44. The highest BCUT2D eigenvalue weighted by molar-refractivity contribution is 6.51. The Bertz CT molecular complexity index is 1470. The van der Waals surface area contributed by atoms with Crippen molar-refractivity contribution in [3.63, 3.8) is 0 Å². The first-order valence-electron chi connectivity index (χ1n) is 12.5. The first-order valence-corrected chi connectivity index (χ1v) is 12.5. The van der Waals surface area contributed by atoms with E-state index in [-0.39, 0.29) is 23.0 Å². The average molecular weight is 530 g/mol. The molecule has 1 fully saturated rings. The smallest absolute Gasteiger partial charge is 0.308 e. The third-order valence-corrected chi connectivity index (χ3v) is 6.68. The Morgan fingerprint density at radius 2 is 1.64 bits per heavy atom. The summed E-state index contributed by atoms with van der Waals surface area (Å²) in [5, 5.41) is 11.7. The highest BCUT2D eigenvalue weighted by Gasteiger charge is 2.47. The number of aliphatic hydroxyl groups is 1. The SMILES string of the molecule is COc1ccc(N2C(=O)C(=O)/C(=C(/O)c3cc(C(C)C)c(OC)cc3C)C2c2cccc(OC(C)=O)c2)cc1. The molecule has 1 amide bonds. The zero-order valence-electron chi connectivity index (χ0n) is 22.8. The van der Waals surface area contributed by atoms with Gasteiger partial charge in [0.25, 0.3) is 11.7 Å². The van der Waals surface area contributed by atoms with Gasteiger partial charge in [-0.25, -0.2) is 0 Å². The van der Waals surface area contributed by atoms with Gasteiger partial charge < -0.3 is 19.3 Å². The fourth-order valence-corrected chi connectivity index (χ4v) is 4.80. The van der Waals surface area contributed by atoms with Crippen LogP contribution >= 0.6 is 0 Å². The van der Waals surface area contributed by atoms with Crippen molar-refractivity contribution in [1.82, 2.24) is 0 Å². The van der Waals surface area contributed by atoms with Gasteiger partial charge >= 0.3 is 5.97 Å². The van der Waals surface area contributed by atoms with Gasteiger partial charge in [0.15, 0.2) is 0 Å². The number of ether oxygens (including phenoxy) is 3. The van der Waals surface area contributed by atoms with E-state index in [0.717, 1.165) is 5.56 Å². The molecule has 1 heterocycles. The van der Waals surface area contributed by atoms with E-state index in [2.05, 4.69) is 0 Å². The van der Waals surface area contributed by atoms with E-state index < -0.39 is 23.7 Å². The molecule has 202 valence electrons. The van der Waals surface area contributed by atoms with E-state index >= 15 is 0 Å². The summed E-state index contributed by atoms with van der Waals surface area (Å²) in [7, 11) is 3.11. The Labute approximate surface area is 227 Å². The van der Waals surface area contributed by atoms with Gasteiger partial charge in [-0.2, -0.15) is 0 Å². The van der Waals surface area contributed by atoms with Crippen LogP contribution in [0.3, 0.4) is 0 Å². The molecule has 8 nitrogen and oxygen atoms in total. The molecule has 3 aromatic rings. The molecule has 0 spiro atoms. The standard InChI is InChI=1S/C31H31NO7/c1-17(2)24-16-25(18(3)14-26(24)38-6)29(34)27-28(20-8-7-9-23(15-20)39-19(4)33)32(31(36)30(27)35)21-10-12-22(37-5)13-11-21/h7-17,28,34H,1-6H3/b29-27+. The number of carbonyl (C=O) groups excluding carboxylic acids is 3. The molecular weight excluding hydrogens is 498 g/mol. The lowest BCUT2D eigenvalue weighted by Crippen LogP contribution is -2.29. The molecule has 0 aromatic heterocycles. The molecule has 0 aliphatic carbocycles. The van der Waals surface area contributed by atoms with Gasteiger partial charge in [-0.3, -0.25) is 19.3 Å². The van der Waals surface area contributed by atoms with Crippen LogP contribution in [0.4, 0.5) is 5.69 Å². The van der Waals surface area contributed by atoms with E-state index in [1.54, 1.807) is 74.7 Å². The Hall–Kier alpha value is -4.59. The van der Waals surface area contributed by atoms with E-state index in [1.807, 2.05) is 13.8 Å². The number of Topliss-reactive ketones (excluding diaryl/α,β-unsaturated/α-hetero) is 1. The first-order chi connectivity index (χ1) is 18.6. The van der Waals surface area contributed by atoms with Gasteiger partial charge in [0.1, 0.15) is 23.0 Å². The monoisotopic (exact) mass is 529 g/mol. The molecule has 0 bridgehead atoms. The third-order valence-electron chi connectivity index (χ3n) is 6.68. The van der Waals surface area contributed by atoms with Crippen LogP contribution in [-0.2, 0) is 14.4 Å². The second kappa shape index (κ2) is 11.0. The normalized spacial score (nSPS) is 16.5. The molecule has 1 aliphatic rings. The Balaban J connectivity index is 1.98. The van der Waals surface area contributed by atoms with E-state index in [4.69, 9.17) is 14.2 Å². The predicted octanol–water partition coefficient (Wildman–Crippen LogP) is 5.69. The summed E-state index contributed by atoms with van der Waals surface area (Å²) < 4.78 is 16.1. The first kappa shape index (κ1) is 27.4. The molecule has 8 heteroatoms. The fourth-order valence-electron chi connectivity index (χ4n) is 4.80. The number of rotatable bonds is 7. The summed E-state index contributed by atoms with van der Waals surface area (Å²) in [6.07, 6.45) is 0. The van der Waals surface area contributed by atoms with Gasteiger partial charge in [0.05, 0.1) is 25.8 Å². The van der Waals surface area contributed by atoms with Crippen LogP contribution in [0.1, 0.15) is 55.0 Å². The van der Waals surface area contributed by atoms with Crippen LogP contribution in [0.15, 0.2) is 66.2 Å². The number of esters is 1. The summed E-state index contributed by atoms with van der Waals surface area (Å²) in [5.74, 6) is -0.844. The summed E-state index contributed by atoms with van der Waals surface area (Å²) in [5.41, 5.74) is 2.81. The fraction of sp³-hybridized carbons (Fsp3) is 0.258. The lowest BCUT2D eigenvalue weighted by molar-refractivity contribution is -0.132. The van der Waals surface area contributed by atoms with Crippen molar-refractivity contribution in [2.24, 2.45) is 0 Å². The van der Waals surface area contributed by atoms with Crippen LogP contribution in [-0.4, -0.2) is 37.0 Å². The number of amides is 1. The lowest BCUT2D eigenvalue weighted by atomic mass is 9.91. The summed E-state index contributed by atoms with van der Waals surface area (Å²) in [4.78, 5) is 40.0. The van der Waals surface area contributed by atoms with Gasteiger partial charge in [-0.15, -0.1) is 0 Å². The molecule has 1 aliphatic heterocycles. The van der Waals surface area contributed by atoms with Crippen molar-refractivity contribution in [2.75, 3.05) is 19.1 Å². The van der Waals surface area contributed by atoms with E-state index in [1.165, 1.54) is 18.9 Å². The number of ketones is 1. The van der Waals surface area contributed by atoms with Crippen molar-refractivity contribution in [2.45, 2.75) is 39.7 Å². The number of hydrogen-bond acceptors (Lipinski definition) is 7. The molecular formula is C31H31NO7. The van der Waals surface area contributed by atoms with Crippen LogP contribution in [0, 0.1) is 6.92 Å². The molecule has 1 saturated heterocycles. The largest absolute Gasteiger partial charge is 0.507 e. The quantitative estimate of drug-likeness (QED) is 0.138. The number of aliphatic hydroxyl groups excluding tert-OH is 1. The van der Waals surface area contributed by atoms with Gasteiger partial charge in [0.2, 0.25) is 0 Å². The molecule has 1 unspecified atom stereocenters. The molecule has 0 saturated carbocycles. The minimum absolute atomic E-state index is 0.0706. The minimum Gasteiger partial charge on any atom is -0.507 e. The van der Waals surface area contributed by atoms with Crippen molar-refractivity contribution in [1.29, 1.82) is 0 Å². The maximum atomic E-state index is 13.6. The molecule has 1 atom stereocenters. The van der Waals surface area contributed by atoms with Gasteiger partial charge in [-0.05, 0) is 78.1 Å². The Morgan fingerprint density at radius 3 is 2.23 bits per heavy atom. The minimum atomic E-state index is -0.988. The Morgan fingerprint density at radius 1 is 0.949 bits per heavy atom. The number of hydrogen-bond donors (Lipinski definition) is 1. The summed E-state index contributed by atoms with van der Waals surface area (Å²) >= 11 is 0. The number of nitrogens with zero attached hydrogens (tertiary/aromatic N) is 1. The van der Waals surface area contributed by atoms with Crippen molar-refractivity contribution >= 4 is 29.1 Å². The number of anilines is 1. The molecule has 0 radical (unpaired) electrons. The van der Waals surface area contributed by atoms with Crippen LogP contribution < -0.4 is 19.1 Å². The van der Waals surface area contributed by atoms with Crippen molar-refractivity contribution in [3.05, 3.63) is 88.5 Å². The summed E-state index contributed by atoms with van der Waals surface area (Å²) in [6, 6.07) is 15.9. The van der Waals surface area contributed by atoms with Crippen LogP contribution in [0.25, 0.3) is 5.76 Å². The molecule has 4 rings (SSSR count). The van der Waals surface area contributed by atoms with Gasteiger partial charge in [-0.1, -0.05) is 26.0 Å². The number of carbonyl (C=O) groups is 3. The zero-order chi connectivity index (χ0) is 28.4. The molecule has 39 heavy (non-hydrogen) atoms. The number of methoxy groups -OCH3 is 2. The maximum Gasteiger partial charge on any atom is 0.308 e. The predicted molar refractivity (Wildman–Crippen MR) is 147 cm³/mol. The number of aryl methyl sites for hydroxylation is 1. The highest BCUT2D eigenvalue weighted by atomic mass is 16.5. The molecule has 3 aromatic carbocycles. The second-order valence-corrected chi connectivity index (χ2v) is 9.60. The Kier molecular flexibility index (Phi) is 7.76. The topological polar surface area (TPSA) is 102 Å². The van der Waals surface area contributed by atoms with Crippen molar-refractivity contribution in [3.8, 4) is 17.2 Å². The zero-order valence-corrected chi connectivity index (χ0v) is 22.8. The van der Waals surface area contributed by atoms with E-state index in [0.29, 0.717) is 33.9 Å². The third kappa shape index (κ3) is 5.23. The van der Waals surface area contributed by atoms with Crippen LogP contribution in [0.2, 0.25) is 0 Å². The average Bonchev–Trinajstić information content (AvgIpc) is 3.17. The lowest BCUT2D eigenvalue weighted by Gasteiger charge is -2.26. The summed E-state index contributed by atoms with van der Waals surface area (Å²) in [6.45, 7) is 7.09. The van der Waals surface area contributed by atoms with Gasteiger partial charge in [0, 0.05) is 18.2 Å². The molecule has 1 N–H and O–H groups in total. The maximum absolute atomic E-state index is 13.6. The number of benzene rings is 3. The van der Waals surface area contributed by atoms with Crippen molar-refractivity contribution < 1.29 is 33.7 Å². The van der Waals surface area contributed by atoms with Crippen LogP contribution in [0.5, 0.6) is 17.2 Å². The second-order valence-electron chi connectivity index (χ2n) is 9.60. The van der Waals surface area contributed by atoms with E-state index in [9.17, 15) is 19.5 Å².